The molecule has 1 heterocycles. The summed E-state index contributed by atoms with van der Waals surface area (Å²) in [6.07, 6.45) is 0. The van der Waals surface area contributed by atoms with Crippen molar-refractivity contribution in [3.05, 3.63) is 71.3 Å². The molecule has 0 aliphatic rings. The summed E-state index contributed by atoms with van der Waals surface area (Å²) in [5, 5.41) is 12.3. The summed E-state index contributed by atoms with van der Waals surface area (Å²) in [4.78, 5) is 16.6. The van der Waals surface area contributed by atoms with Crippen molar-refractivity contribution < 1.29 is 9.53 Å². The number of amides is 1. The van der Waals surface area contributed by atoms with Crippen LogP contribution in [0.3, 0.4) is 0 Å². The zero-order valence-corrected chi connectivity index (χ0v) is 22.9. The predicted molar refractivity (Wildman–Crippen MR) is 151 cm³/mol. The van der Waals surface area contributed by atoms with E-state index in [0.717, 1.165) is 35.4 Å². The van der Waals surface area contributed by atoms with Gasteiger partial charge in [0, 0.05) is 24.5 Å². The minimum absolute atomic E-state index is 0.0708. The lowest BCUT2D eigenvalue weighted by atomic mass is 9.87. The Kier molecular flexibility index (Phi) is 7.52. The van der Waals surface area contributed by atoms with Gasteiger partial charge in [-0.05, 0) is 92.3 Å². The number of aromatic nitrogens is 3. The van der Waals surface area contributed by atoms with Crippen molar-refractivity contribution >= 4 is 28.3 Å². The SMILES string of the molecule is CCN(CC)c1ccc(-n2nc3cc(C)c(NC(=O)COc4ccc(C(C)(C)C)cc4)cc3n2)c(C)c1. The first-order valence-corrected chi connectivity index (χ1v) is 12.9. The normalized spacial score (nSPS) is 11.5. The summed E-state index contributed by atoms with van der Waals surface area (Å²) < 4.78 is 5.71. The van der Waals surface area contributed by atoms with Gasteiger partial charge in [-0.1, -0.05) is 32.9 Å². The molecular formula is C30H37N5O2. The van der Waals surface area contributed by atoms with Crippen LogP contribution in [-0.2, 0) is 10.2 Å². The van der Waals surface area contributed by atoms with Gasteiger partial charge < -0.3 is 15.0 Å². The fourth-order valence-corrected chi connectivity index (χ4v) is 4.35. The van der Waals surface area contributed by atoms with Crippen LogP contribution < -0.4 is 15.0 Å². The largest absolute Gasteiger partial charge is 0.484 e. The van der Waals surface area contributed by atoms with Gasteiger partial charge in [0.15, 0.2) is 6.61 Å². The average Bonchev–Trinajstić information content (AvgIpc) is 3.26. The minimum Gasteiger partial charge on any atom is -0.484 e. The minimum atomic E-state index is -0.224. The van der Waals surface area contributed by atoms with E-state index in [4.69, 9.17) is 14.9 Å². The number of anilines is 2. The van der Waals surface area contributed by atoms with Crippen LogP contribution in [0, 0.1) is 13.8 Å². The maximum Gasteiger partial charge on any atom is 0.262 e. The van der Waals surface area contributed by atoms with Gasteiger partial charge in [0.1, 0.15) is 16.8 Å². The van der Waals surface area contributed by atoms with E-state index in [1.54, 1.807) is 4.80 Å². The molecule has 4 rings (SSSR count). The van der Waals surface area contributed by atoms with Crippen LogP contribution in [0.4, 0.5) is 11.4 Å². The number of hydrogen-bond acceptors (Lipinski definition) is 5. The average molecular weight is 500 g/mol. The first-order chi connectivity index (χ1) is 17.6. The summed E-state index contributed by atoms with van der Waals surface area (Å²) in [6, 6.07) is 18.0. The molecule has 0 radical (unpaired) electrons. The molecular weight excluding hydrogens is 462 g/mol. The molecule has 4 aromatic rings. The molecule has 37 heavy (non-hydrogen) atoms. The first-order valence-electron chi connectivity index (χ1n) is 12.9. The monoisotopic (exact) mass is 499 g/mol. The number of carbonyl (C=O) groups is 1. The number of aryl methyl sites for hydroxylation is 2. The number of nitrogens with one attached hydrogen (secondary N) is 1. The predicted octanol–water partition coefficient (Wildman–Crippen LogP) is 6.20. The van der Waals surface area contributed by atoms with Crippen molar-refractivity contribution in [1.29, 1.82) is 0 Å². The van der Waals surface area contributed by atoms with Crippen molar-refractivity contribution in [2.45, 2.75) is 53.9 Å². The van der Waals surface area contributed by atoms with E-state index >= 15 is 0 Å². The third kappa shape index (κ3) is 5.93. The highest BCUT2D eigenvalue weighted by Gasteiger charge is 2.15. The lowest BCUT2D eigenvalue weighted by molar-refractivity contribution is -0.118. The number of hydrogen-bond donors (Lipinski definition) is 1. The maximum absolute atomic E-state index is 12.6. The number of rotatable bonds is 8. The number of nitrogens with zero attached hydrogens (tertiary/aromatic N) is 4. The third-order valence-electron chi connectivity index (χ3n) is 6.62. The van der Waals surface area contributed by atoms with Gasteiger partial charge in [0.25, 0.3) is 5.91 Å². The zero-order chi connectivity index (χ0) is 26.7. The topological polar surface area (TPSA) is 72.3 Å². The maximum atomic E-state index is 12.6. The van der Waals surface area contributed by atoms with Gasteiger partial charge in [-0.25, -0.2) is 0 Å². The van der Waals surface area contributed by atoms with Gasteiger partial charge in [0.2, 0.25) is 0 Å². The Labute approximate surface area is 219 Å². The van der Waals surface area contributed by atoms with E-state index in [1.165, 1.54) is 11.3 Å². The summed E-state index contributed by atoms with van der Waals surface area (Å²) in [6.45, 7) is 16.7. The molecule has 0 saturated carbocycles. The Bertz CT molecular complexity index is 1400. The Morgan fingerprint density at radius 3 is 2.16 bits per heavy atom. The first kappa shape index (κ1) is 26.2. The lowest BCUT2D eigenvalue weighted by Gasteiger charge is -2.22. The number of fused-ring (bicyclic) bond motifs is 1. The second kappa shape index (κ2) is 10.6. The quantitative estimate of drug-likeness (QED) is 0.313. The van der Waals surface area contributed by atoms with Gasteiger partial charge in [-0.2, -0.15) is 4.80 Å². The van der Waals surface area contributed by atoms with E-state index in [0.29, 0.717) is 17.0 Å². The van der Waals surface area contributed by atoms with Gasteiger partial charge >= 0.3 is 0 Å². The molecule has 0 unspecified atom stereocenters. The van der Waals surface area contributed by atoms with Crippen molar-refractivity contribution in [3.63, 3.8) is 0 Å². The van der Waals surface area contributed by atoms with Crippen LogP contribution in [0.15, 0.2) is 54.6 Å². The van der Waals surface area contributed by atoms with Crippen LogP contribution >= 0.6 is 0 Å². The van der Waals surface area contributed by atoms with Crippen molar-refractivity contribution in [3.8, 4) is 11.4 Å². The Hall–Kier alpha value is -3.87. The highest BCUT2D eigenvalue weighted by Crippen LogP contribution is 2.26. The molecule has 1 amide bonds. The Morgan fingerprint density at radius 1 is 0.919 bits per heavy atom. The second-order valence-electron chi connectivity index (χ2n) is 10.4. The van der Waals surface area contributed by atoms with Crippen LogP contribution in [0.1, 0.15) is 51.3 Å². The van der Waals surface area contributed by atoms with E-state index in [1.807, 2.05) is 43.3 Å². The molecule has 0 saturated heterocycles. The molecule has 0 fully saturated rings. The van der Waals surface area contributed by atoms with Crippen LogP contribution in [0.5, 0.6) is 5.75 Å². The standard InChI is InChI=1S/C30H37N5O2/c1-8-34(9-2)23-12-15-28(21(4)16-23)35-32-26-17-20(3)25(18-27(26)33-35)31-29(36)19-37-24-13-10-22(11-14-24)30(5,6)7/h10-18H,8-9,19H2,1-7H3,(H,31,36). The van der Waals surface area contributed by atoms with Gasteiger partial charge in [-0.3, -0.25) is 4.79 Å². The summed E-state index contributed by atoms with van der Waals surface area (Å²) >= 11 is 0. The van der Waals surface area contributed by atoms with Crippen LogP contribution in [0.2, 0.25) is 0 Å². The molecule has 0 spiro atoms. The smallest absolute Gasteiger partial charge is 0.262 e. The van der Waals surface area contributed by atoms with Crippen molar-refractivity contribution in [2.75, 3.05) is 29.9 Å². The van der Waals surface area contributed by atoms with Crippen LogP contribution in [-0.4, -0.2) is 40.6 Å². The molecule has 0 atom stereocenters. The molecule has 1 N–H and O–H groups in total. The van der Waals surface area contributed by atoms with E-state index in [-0.39, 0.29) is 17.9 Å². The summed E-state index contributed by atoms with van der Waals surface area (Å²) in [5.74, 6) is 0.443. The molecule has 3 aromatic carbocycles. The Morgan fingerprint density at radius 2 is 1.57 bits per heavy atom. The molecule has 7 heteroatoms. The van der Waals surface area contributed by atoms with Gasteiger partial charge in [-0.15, -0.1) is 10.2 Å². The third-order valence-corrected chi connectivity index (χ3v) is 6.62. The number of benzene rings is 3. The fourth-order valence-electron chi connectivity index (χ4n) is 4.35. The van der Waals surface area contributed by atoms with E-state index < -0.39 is 0 Å². The Balaban J connectivity index is 1.47. The fraction of sp³-hybridized carbons (Fsp3) is 0.367. The zero-order valence-electron chi connectivity index (χ0n) is 22.9. The second-order valence-corrected chi connectivity index (χ2v) is 10.4. The summed E-state index contributed by atoms with van der Waals surface area (Å²) in [5.41, 5.74) is 7.61. The number of ether oxygens (including phenoxy) is 1. The summed E-state index contributed by atoms with van der Waals surface area (Å²) in [7, 11) is 0. The number of carbonyl (C=O) groups excluding carboxylic acids is 1. The highest BCUT2D eigenvalue weighted by atomic mass is 16.5. The van der Waals surface area contributed by atoms with Crippen LogP contribution in [0.25, 0.3) is 16.7 Å². The van der Waals surface area contributed by atoms with E-state index in [2.05, 4.69) is 70.0 Å². The molecule has 0 aliphatic carbocycles. The van der Waals surface area contributed by atoms with E-state index in [9.17, 15) is 4.79 Å². The van der Waals surface area contributed by atoms with Crippen molar-refractivity contribution in [2.24, 2.45) is 0 Å². The molecule has 194 valence electrons. The molecule has 1 aromatic heterocycles. The lowest BCUT2D eigenvalue weighted by Crippen LogP contribution is -2.21. The molecule has 0 bridgehead atoms. The molecule has 0 aliphatic heterocycles. The van der Waals surface area contributed by atoms with Gasteiger partial charge in [0.05, 0.1) is 5.69 Å². The van der Waals surface area contributed by atoms with Crippen molar-refractivity contribution in [1.82, 2.24) is 15.0 Å². The highest BCUT2D eigenvalue weighted by molar-refractivity contribution is 5.95. The molecule has 7 nitrogen and oxygen atoms in total.